The van der Waals surface area contributed by atoms with Gasteiger partial charge in [0.25, 0.3) is 0 Å². The van der Waals surface area contributed by atoms with Gasteiger partial charge >= 0.3 is 0 Å². The van der Waals surface area contributed by atoms with E-state index in [1.54, 1.807) is 0 Å². The maximum absolute atomic E-state index is 5.60. The largest absolute Gasteiger partial charge is 0.388 e. The number of anilines is 1. The summed E-state index contributed by atoms with van der Waals surface area (Å²) in [4.78, 5) is 9.04. The first kappa shape index (κ1) is 12.2. The number of nitrogens with one attached hydrogen (secondary N) is 1. The standard InChI is InChI=1S/C12H18N4S/c1-7-4-3-5-9(7)15-12-14-8(2)6-10(16-12)11(13)17/h6-7,9H,3-5H2,1-2H3,(H2,13,17)(H,14,15,16). The van der Waals surface area contributed by atoms with Crippen molar-refractivity contribution in [2.75, 3.05) is 5.32 Å². The number of rotatable bonds is 3. The number of thiocarbonyl (C=S) groups is 1. The molecule has 2 atom stereocenters. The molecule has 1 aliphatic carbocycles. The van der Waals surface area contributed by atoms with E-state index >= 15 is 0 Å². The third kappa shape index (κ3) is 2.91. The molecule has 17 heavy (non-hydrogen) atoms. The Hall–Kier alpha value is -1.23. The lowest BCUT2D eigenvalue weighted by Crippen LogP contribution is -2.24. The highest BCUT2D eigenvalue weighted by Crippen LogP contribution is 2.27. The Labute approximate surface area is 107 Å². The Balaban J connectivity index is 2.17. The van der Waals surface area contributed by atoms with Crippen LogP contribution in [0.3, 0.4) is 0 Å². The van der Waals surface area contributed by atoms with E-state index in [9.17, 15) is 0 Å². The van der Waals surface area contributed by atoms with E-state index in [4.69, 9.17) is 18.0 Å². The van der Waals surface area contributed by atoms with Crippen molar-refractivity contribution in [3.63, 3.8) is 0 Å². The molecule has 3 N–H and O–H groups in total. The summed E-state index contributed by atoms with van der Waals surface area (Å²) >= 11 is 4.95. The number of aromatic nitrogens is 2. The van der Waals surface area contributed by atoms with Crippen LogP contribution in [0, 0.1) is 12.8 Å². The van der Waals surface area contributed by atoms with E-state index in [1.165, 1.54) is 19.3 Å². The molecule has 4 nitrogen and oxygen atoms in total. The third-order valence-corrected chi connectivity index (χ3v) is 3.49. The van der Waals surface area contributed by atoms with Gasteiger partial charge in [-0.15, -0.1) is 0 Å². The van der Waals surface area contributed by atoms with Crippen molar-refractivity contribution < 1.29 is 0 Å². The highest BCUT2D eigenvalue weighted by molar-refractivity contribution is 7.80. The van der Waals surface area contributed by atoms with Gasteiger partial charge in [0.1, 0.15) is 10.7 Å². The summed E-state index contributed by atoms with van der Waals surface area (Å²) in [6.07, 6.45) is 3.72. The lowest BCUT2D eigenvalue weighted by atomic mass is 10.1. The zero-order chi connectivity index (χ0) is 12.4. The van der Waals surface area contributed by atoms with Gasteiger partial charge in [0.05, 0.1) is 0 Å². The number of hydrogen-bond acceptors (Lipinski definition) is 4. The zero-order valence-corrected chi connectivity index (χ0v) is 11.0. The molecule has 2 unspecified atom stereocenters. The Kier molecular flexibility index (Phi) is 3.57. The fraction of sp³-hybridized carbons (Fsp3) is 0.583. The quantitative estimate of drug-likeness (QED) is 0.804. The maximum Gasteiger partial charge on any atom is 0.223 e. The Morgan fingerprint density at radius 1 is 1.47 bits per heavy atom. The van der Waals surface area contributed by atoms with Gasteiger partial charge in [-0.25, -0.2) is 9.97 Å². The summed E-state index contributed by atoms with van der Waals surface area (Å²) in [5.41, 5.74) is 7.12. The minimum Gasteiger partial charge on any atom is -0.388 e. The molecule has 0 amide bonds. The molecule has 0 aromatic carbocycles. The minimum atomic E-state index is 0.318. The summed E-state index contributed by atoms with van der Waals surface area (Å²) in [5.74, 6) is 1.32. The van der Waals surface area contributed by atoms with Crippen molar-refractivity contribution in [1.29, 1.82) is 0 Å². The van der Waals surface area contributed by atoms with Gasteiger partial charge in [0.2, 0.25) is 5.95 Å². The monoisotopic (exact) mass is 250 g/mol. The average molecular weight is 250 g/mol. The molecule has 0 saturated heterocycles. The van der Waals surface area contributed by atoms with E-state index in [1.807, 2.05) is 13.0 Å². The molecule has 0 radical (unpaired) electrons. The smallest absolute Gasteiger partial charge is 0.223 e. The second-order valence-corrected chi connectivity index (χ2v) is 5.18. The minimum absolute atomic E-state index is 0.318. The van der Waals surface area contributed by atoms with Gasteiger partial charge in [-0.05, 0) is 31.7 Å². The molecule has 5 heteroatoms. The van der Waals surface area contributed by atoms with Crippen LogP contribution in [-0.2, 0) is 0 Å². The van der Waals surface area contributed by atoms with Crippen molar-refractivity contribution >= 4 is 23.2 Å². The van der Waals surface area contributed by atoms with Crippen molar-refractivity contribution in [3.05, 3.63) is 17.5 Å². The molecule has 0 bridgehead atoms. The summed E-state index contributed by atoms with van der Waals surface area (Å²) in [6, 6.07) is 2.28. The molecule has 1 aliphatic rings. The van der Waals surface area contributed by atoms with Gasteiger partial charge in [0.15, 0.2) is 0 Å². The normalized spacial score (nSPS) is 23.6. The van der Waals surface area contributed by atoms with Crippen molar-refractivity contribution in [3.8, 4) is 0 Å². The molecular weight excluding hydrogens is 232 g/mol. The number of hydrogen-bond donors (Lipinski definition) is 2. The van der Waals surface area contributed by atoms with Crippen LogP contribution in [0.2, 0.25) is 0 Å². The summed E-state index contributed by atoms with van der Waals surface area (Å²) in [6.45, 7) is 4.18. The van der Waals surface area contributed by atoms with Crippen LogP contribution in [0.5, 0.6) is 0 Å². The number of aryl methyl sites for hydroxylation is 1. The van der Waals surface area contributed by atoms with Crippen LogP contribution in [0.25, 0.3) is 0 Å². The van der Waals surface area contributed by atoms with E-state index in [-0.39, 0.29) is 0 Å². The second-order valence-electron chi connectivity index (χ2n) is 4.74. The molecule has 2 rings (SSSR count). The van der Waals surface area contributed by atoms with Crippen LogP contribution in [0.1, 0.15) is 37.6 Å². The Bertz CT molecular complexity index is 433. The fourth-order valence-electron chi connectivity index (χ4n) is 2.29. The molecule has 1 heterocycles. The summed E-state index contributed by atoms with van der Waals surface area (Å²) in [7, 11) is 0. The molecule has 1 aromatic heterocycles. The van der Waals surface area contributed by atoms with Crippen molar-refractivity contribution in [2.24, 2.45) is 11.7 Å². The second kappa shape index (κ2) is 4.96. The lowest BCUT2D eigenvalue weighted by Gasteiger charge is -2.17. The maximum atomic E-state index is 5.60. The SMILES string of the molecule is Cc1cc(C(N)=S)nc(NC2CCCC2C)n1. The van der Waals surface area contributed by atoms with Crippen LogP contribution in [0.15, 0.2) is 6.07 Å². The van der Waals surface area contributed by atoms with E-state index < -0.39 is 0 Å². The van der Waals surface area contributed by atoms with Crippen molar-refractivity contribution in [1.82, 2.24) is 9.97 Å². The van der Waals surface area contributed by atoms with E-state index in [0.29, 0.717) is 28.6 Å². The van der Waals surface area contributed by atoms with Crippen molar-refractivity contribution in [2.45, 2.75) is 39.2 Å². The third-order valence-electron chi connectivity index (χ3n) is 3.28. The molecule has 1 saturated carbocycles. The van der Waals surface area contributed by atoms with Crippen LogP contribution in [-0.4, -0.2) is 21.0 Å². The topological polar surface area (TPSA) is 63.8 Å². The molecule has 0 aliphatic heterocycles. The zero-order valence-electron chi connectivity index (χ0n) is 10.2. The first-order valence-corrected chi connectivity index (χ1v) is 6.39. The number of nitrogens with zero attached hydrogens (tertiary/aromatic N) is 2. The van der Waals surface area contributed by atoms with E-state index in [2.05, 4.69) is 22.2 Å². The fourth-order valence-corrected chi connectivity index (χ4v) is 2.39. The van der Waals surface area contributed by atoms with Gasteiger partial charge in [0, 0.05) is 11.7 Å². The number of nitrogens with two attached hydrogens (primary N) is 1. The van der Waals surface area contributed by atoms with Crippen LogP contribution >= 0.6 is 12.2 Å². The predicted octanol–water partition coefficient (Wildman–Crippen LogP) is 2.02. The lowest BCUT2D eigenvalue weighted by molar-refractivity contribution is 0.553. The highest BCUT2D eigenvalue weighted by Gasteiger charge is 2.23. The van der Waals surface area contributed by atoms with Crippen LogP contribution < -0.4 is 11.1 Å². The first-order valence-electron chi connectivity index (χ1n) is 5.98. The molecular formula is C12H18N4S. The Morgan fingerprint density at radius 3 is 2.82 bits per heavy atom. The summed E-state index contributed by atoms with van der Waals surface area (Å²) < 4.78 is 0. The molecule has 0 spiro atoms. The average Bonchev–Trinajstić information content (AvgIpc) is 2.63. The molecule has 92 valence electrons. The van der Waals surface area contributed by atoms with Gasteiger partial charge in [-0.1, -0.05) is 25.6 Å². The Morgan fingerprint density at radius 2 is 2.24 bits per heavy atom. The highest BCUT2D eigenvalue weighted by atomic mass is 32.1. The molecule has 1 fully saturated rings. The van der Waals surface area contributed by atoms with E-state index in [0.717, 1.165) is 5.69 Å². The van der Waals surface area contributed by atoms with Gasteiger partial charge < -0.3 is 11.1 Å². The first-order chi connectivity index (χ1) is 8.06. The van der Waals surface area contributed by atoms with Gasteiger partial charge in [-0.3, -0.25) is 0 Å². The van der Waals surface area contributed by atoms with Gasteiger partial charge in [-0.2, -0.15) is 0 Å². The molecule has 1 aromatic rings. The predicted molar refractivity (Wildman–Crippen MR) is 73.1 cm³/mol. The summed E-state index contributed by atoms with van der Waals surface area (Å²) in [5, 5.41) is 3.39. The van der Waals surface area contributed by atoms with Crippen LogP contribution in [0.4, 0.5) is 5.95 Å².